The van der Waals surface area contributed by atoms with E-state index >= 15 is 0 Å². The van der Waals surface area contributed by atoms with Gasteiger partial charge in [0.05, 0.1) is 16.7 Å². The lowest BCUT2D eigenvalue weighted by atomic mass is 9.97. The molecular formula is C52H34N2O. The fraction of sp³-hybridized carbons (Fsp3) is 0. The van der Waals surface area contributed by atoms with Crippen LogP contribution < -0.4 is 4.90 Å². The van der Waals surface area contributed by atoms with Crippen molar-refractivity contribution in [1.82, 2.24) is 4.57 Å². The third-order valence-corrected chi connectivity index (χ3v) is 11.0. The van der Waals surface area contributed by atoms with E-state index in [0.29, 0.717) is 0 Å². The van der Waals surface area contributed by atoms with Gasteiger partial charge < -0.3 is 13.9 Å². The Hall–Kier alpha value is -7.36. The molecule has 0 aliphatic carbocycles. The number of hydrogen-bond acceptors (Lipinski definition) is 2. The average Bonchev–Trinajstić information content (AvgIpc) is 3.79. The molecule has 258 valence electrons. The number of rotatable bonds is 6. The van der Waals surface area contributed by atoms with Gasteiger partial charge in [-0.15, -0.1) is 0 Å². The number of nitrogens with zero attached hydrogens (tertiary/aromatic N) is 2. The van der Waals surface area contributed by atoms with E-state index in [1.165, 1.54) is 43.7 Å². The first-order chi connectivity index (χ1) is 27.3. The van der Waals surface area contributed by atoms with Gasteiger partial charge in [0.2, 0.25) is 0 Å². The first-order valence-corrected chi connectivity index (χ1v) is 18.8. The van der Waals surface area contributed by atoms with Gasteiger partial charge in [-0.05, 0) is 100 Å². The highest BCUT2D eigenvalue weighted by atomic mass is 16.3. The van der Waals surface area contributed by atoms with E-state index in [9.17, 15) is 0 Å². The summed E-state index contributed by atoms with van der Waals surface area (Å²) in [5, 5.41) is 7.17. The van der Waals surface area contributed by atoms with Crippen LogP contribution >= 0.6 is 0 Å². The van der Waals surface area contributed by atoms with Gasteiger partial charge in [-0.25, -0.2) is 0 Å². The summed E-state index contributed by atoms with van der Waals surface area (Å²) in [6.07, 6.45) is 0. The molecule has 0 bridgehead atoms. The Morgan fingerprint density at radius 3 is 1.89 bits per heavy atom. The van der Waals surface area contributed by atoms with Crippen LogP contribution in [0.5, 0.6) is 0 Å². The highest BCUT2D eigenvalue weighted by Crippen LogP contribution is 2.45. The van der Waals surface area contributed by atoms with Crippen molar-refractivity contribution in [3.63, 3.8) is 0 Å². The number of aromatic nitrogens is 1. The molecule has 3 heteroatoms. The minimum Gasteiger partial charge on any atom is -0.456 e. The van der Waals surface area contributed by atoms with Crippen molar-refractivity contribution >= 4 is 71.6 Å². The second kappa shape index (κ2) is 12.6. The summed E-state index contributed by atoms with van der Waals surface area (Å²) in [5.41, 5.74) is 13.2. The molecule has 0 N–H and O–H groups in total. The second-order valence-electron chi connectivity index (χ2n) is 14.1. The molecule has 0 fully saturated rings. The van der Waals surface area contributed by atoms with Crippen LogP contribution in [0.2, 0.25) is 0 Å². The smallest absolute Gasteiger partial charge is 0.136 e. The van der Waals surface area contributed by atoms with E-state index in [1.807, 2.05) is 12.1 Å². The van der Waals surface area contributed by atoms with Crippen LogP contribution in [0.3, 0.4) is 0 Å². The summed E-state index contributed by atoms with van der Waals surface area (Å²) in [6, 6.07) is 74.0. The fourth-order valence-electron chi connectivity index (χ4n) is 8.46. The summed E-state index contributed by atoms with van der Waals surface area (Å²) in [5.74, 6) is 0. The molecule has 11 aromatic rings. The maximum absolute atomic E-state index is 6.38. The summed E-state index contributed by atoms with van der Waals surface area (Å²) in [7, 11) is 0. The highest BCUT2D eigenvalue weighted by Gasteiger charge is 2.21. The molecule has 0 aliphatic rings. The van der Waals surface area contributed by atoms with Gasteiger partial charge in [0, 0.05) is 44.2 Å². The monoisotopic (exact) mass is 702 g/mol. The largest absolute Gasteiger partial charge is 0.456 e. The van der Waals surface area contributed by atoms with Crippen LogP contribution in [-0.2, 0) is 0 Å². The Balaban J connectivity index is 1.12. The van der Waals surface area contributed by atoms with Crippen LogP contribution in [0, 0.1) is 0 Å². The third kappa shape index (κ3) is 5.13. The van der Waals surface area contributed by atoms with Gasteiger partial charge in [0.1, 0.15) is 11.2 Å². The maximum Gasteiger partial charge on any atom is 0.136 e. The molecule has 0 radical (unpaired) electrons. The lowest BCUT2D eigenvalue weighted by Crippen LogP contribution is -2.11. The molecule has 55 heavy (non-hydrogen) atoms. The van der Waals surface area contributed by atoms with Crippen LogP contribution in [0.4, 0.5) is 17.1 Å². The zero-order valence-corrected chi connectivity index (χ0v) is 29.9. The molecule has 0 amide bonds. The third-order valence-electron chi connectivity index (χ3n) is 11.0. The second-order valence-corrected chi connectivity index (χ2v) is 14.1. The Bertz CT molecular complexity index is 3200. The minimum absolute atomic E-state index is 0.884. The van der Waals surface area contributed by atoms with E-state index < -0.39 is 0 Å². The van der Waals surface area contributed by atoms with E-state index in [1.54, 1.807) is 0 Å². The molecule has 0 atom stereocenters. The van der Waals surface area contributed by atoms with Crippen LogP contribution in [-0.4, -0.2) is 4.57 Å². The van der Waals surface area contributed by atoms with Gasteiger partial charge in [0.25, 0.3) is 0 Å². The van der Waals surface area contributed by atoms with Crippen LogP contribution in [0.25, 0.3) is 82.5 Å². The molecule has 0 unspecified atom stereocenters. The molecule has 3 nitrogen and oxygen atoms in total. The first-order valence-electron chi connectivity index (χ1n) is 18.8. The van der Waals surface area contributed by atoms with Crippen molar-refractivity contribution in [2.75, 3.05) is 4.90 Å². The lowest BCUT2D eigenvalue weighted by molar-refractivity contribution is 0.669. The fourth-order valence-corrected chi connectivity index (χ4v) is 8.46. The number of anilines is 3. The molecular weight excluding hydrogens is 669 g/mol. The van der Waals surface area contributed by atoms with Crippen LogP contribution in [0.1, 0.15) is 0 Å². The zero-order chi connectivity index (χ0) is 36.3. The molecule has 0 spiro atoms. The summed E-state index contributed by atoms with van der Waals surface area (Å²) < 4.78 is 8.75. The summed E-state index contributed by atoms with van der Waals surface area (Å²) in [6.45, 7) is 0. The number of para-hydroxylation sites is 4. The van der Waals surface area contributed by atoms with E-state index in [-0.39, 0.29) is 0 Å². The SMILES string of the molecule is c1ccc(-n2c3ccccc3c3cc(N(c4ccc(-c5cccc6ccccc56)cc4)c4ccccc4-c4ccc5c(c4)oc4ccccc45)ccc32)cc1. The normalized spacial score (nSPS) is 11.6. The van der Waals surface area contributed by atoms with Crippen molar-refractivity contribution in [2.45, 2.75) is 0 Å². The topological polar surface area (TPSA) is 21.3 Å². The van der Waals surface area contributed by atoms with Gasteiger partial charge in [0.15, 0.2) is 0 Å². The van der Waals surface area contributed by atoms with Crippen molar-refractivity contribution < 1.29 is 4.42 Å². The summed E-state index contributed by atoms with van der Waals surface area (Å²) >= 11 is 0. The lowest BCUT2D eigenvalue weighted by Gasteiger charge is -2.28. The molecule has 0 aliphatic heterocycles. The Morgan fingerprint density at radius 1 is 0.364 bits per heavy atom. The number of hydrogen-bond donors (Lipinski definition) is 0. The predicted octanol–water partition coefficient (Wildman–Crippen LogP) is 14.6. The van der Waals surface area contributed by atoms with Gasteiger partial charge in [-0.2, -0.15) is 0 Å². The van der Waals surface area contributed by atoms with Crippen molar-refractivity contribution in [3.8, 4) is 27.9 Å². The first kappa shape index (κ1) is 31.2. The zero-order valence-electron chi connectivity index (χ0n) is 29.9. The number of fused-ring (bicyclic) bond motifs is 7. The predicted molar refractivity (Wildman–Crippen MR) is 231 cm³/mol. The number of benzene rings is 9. The van der Waals surface area contributed by atoms with Crippen molar-refractivity contribution in [1.29, 1.82) is 0 Å². The molecule has 11 rings (SSSR count). The molecule has 0 saturated heterocycles. The van der Waals surface area contributed by atoms with Crippen molar-refractivity contribution in [3.05, 3.63) is 206 Å². The van der Waals surface area contributed by atoms with E-state index in [0.717, 1.165) is 55.8 Å². The maximum atomic E-state index is 6.38. The van der Waals surface area contributed by atoms with E-state index in [4.69, 9.17) is 4.42 Å². The Kier molecular flexibility index (Phi) is 7.17. The molecule has 0 saturated carbocycles. The molecule has 2 aromatic heterocycles. The quantitative estimate of drug-likeness (QED) is 0.172. The Labute approximate surface area is 318 Å². The average molecular weight is 703 g/mol. The number of furan rings is 1. The van der Waals surface area contributed by atoms with Crippen molar-refractivity contribution in [2.24, 2.45) is 0 Å². The summed E-state index contributed by atoms with van der Waals surface area (Å²) in [4.78, 5) is 2.40. The standard InChI is InChI=1S/C52H34N2O/c1-2-15-38(16-3-1)54-49-23-10-7-19-44(49)47-34-40(30-32-50(47)54)53(39-28-25-36(26-29-39)42-21-12-14-35-13-4-5-17-41(35)42)48-22-9-6-18-43(48)37-27-31-46-45-20-8-11-24-51(45)55-52(46)33-37/h1-34H. The van der Waals surface area contributed by atoms with E-state index in [2.05, 4.69) is 204 Å². The molecule has 2 heterocycles. The molecule has 9 aromatic carbocycles. The van der Waals surface area contributed by atoms with Gasteiger partial charge in [-0.3, -0.25) is 0 Å². The van der Waals surface area contributed by atoms with Gasteiger partial charge in [-0.1, -0.05) is 133 Å². The minimum atomic E-state index is 0.884. The highest BCUT2D eigenvalue weighted by molar-refractivity contribution is 6.11. The van der Waals surface area contributed by atoms with Crippen LogP contribution in [0.15, 0.2) is 211 Å². The Morgan fingerprint density at radius 2 is 1.00 bits per heavy atom. The van der Waals surface area contributed by atoms with Gasteiger partial charge >= 0.3 is 0 Å².